The number of rotatable bonds is 15. The van der Waals surface area contributed by atoms with Crippen LogP contribution in [-0.4, -0.2) is 50.5 Å². The van der Waals surface area contributed by atoms with Crippen LogP contribution in [0.2, 0.25) is 0 Å². The highest BCUT2D eigenvalue weighted by Gasteiger charge is 2.30. The van der Waals surface area contributed by atoms with Crippen molar-refractivity contribution in [2.45, 2.75) is 59.0 Å². The summed E-state index contributed by atoms with van der Waals surface area (Å²) in [5.74, 6) is -0.118. The van der Waals surface area contributed by atoms with Crippen LogP contribution in [0.3, 0.4) is 0 Å². The molecule has 0 aliphatic heterocycles. The summed E-state index contributed by atoms with van der Waals surface area (Å²) in [6.07, 6.45) is 2.84. The normalized spacial score (nSPS) is 12.1. The topological polar surface area (TPSA) is 86.8 Å². The molecular formula is C33H43N3O4S. The Bertz CT molecular complexity index is 1340. The average molecular weight is 578 g/mol. The zero-order chi connectivity index (χ0) is 29.8. The zero-order valence-corrected chi connectivity index (χ0v) is 25.4. The van der Waals surface area contributed by atoms with Crippen molar-refractivity contribution in [1.82, 2.24) is 10.2 Å². The number of sulfonamides is 1. The summed E-state index contributed by atoms with van der Waals surface area (Å²) in [5, 5.41) is 3.03. The molecule has 0 radical (unpaired) electrons. The lowest BCUT2D eigenvalue weighted by Crippen LogP contribution is -2.51. The van der Waals surface area contributed by atoms with Crippen LogP contribution in [0, 0.1) is 5.92 Å². The van der Waals surface area contributed by atoms with Crippen molar-refractivity contribution in [3.8, 4) is 0 Å². The maximum Gasteiger partial charge on any atom is 0.243 e. The first-order valence-corrected chi connectivity index (χ1v) is 16.1. The smallest absolute Gasteiger partial charge is 0.243 e. The van der Waals surface area contributed by atoms with Gasteiger partial charge < -0.3 is 10.2 Å². The predicted octanol–water partition coefficient (Wildman–Crippen LogP) is 5.21. The van der Waals surface area contributed by atoms with Crippen LogP contribution in [0.4, 0.5) is 5.69 Å². The first-order valence-electron chi connectivity index (χ1n) is 14.3. The van der Waals surface area contributed by atoms with Crippen LogP contribution in [0.15, 0.2) is 84.9 Å². The molecule has 0 bridgehead atoms. The predicted molar refractivity (Wildman–Crippen MR) is 166 cm³/mol. The maximum atomic E-state index is 13.9. The maximum absolute atomic E-state index is 13.9. The Hall–Kier alpha value is -3.65. The van der Waals surface area contributed by atoms with Gasteiger partial charge >= 0.3 is 0 Å². The van der Waals surface area contributed by atoms with E-state index in [2.05, 4.69) is 5.32 Å². The molecule has 7 nitrogen and oxygen atoms in total. The summed E-state index contributed by atoms with van der Waals surface area (Å²) >= 11 is 0. The molecule has 0 heterocycles. The van der Waals surface area contributed by atoms with Crippen molar-refractivity contribution < 1.29 is 18.0 Å². The van der Waals surface area contributed by atoms with Crippen LogP contribution in [-0.2, 0) is 39.0 Å². The summed E-state index contributed by atoms with van der Waals surface area (Å²) < 4.78 is 26.6. The fourth-order valence-electron chi connectivity index (χ4n) is 4.66. The summed E-state index contributed by atoms with van der Waals surface area (Å²) in [6.45, 7) is 7.06. The number of benzene rings is 3. The van der Waals surface area contributed by atoms with E-state index in [9.17, 15) is 18.0 Å². The second-order valence-electron chi connectivity index (χ2n) is 10.8. The molecule has 3 rings (SSSR count). The van der Waals surface area contributed by atoms with E-state index in [1.807, 2.05) is 93.6 Å². The Kier molecular flexibility index (Phi) is 12.0. The molecule has 0 fully saturated rings. The molecule has 0 aliphatic carbocycles. The van der Waals surface area contributed by atoms with Crippen molar-refractivity contribution in [3.05, 3.63) is 102 Å². The Morgan fingerprint density at radius 2 is 1.41 bits per heavy atom. The van der Waals surface area contributed by atoms with Crippen molar-refractivity contribution in [2.24, 2.45) is 5.92 Å². The van der Waals surface area contributed by atoms with Crippen molar-refractivity contribution in [1.29, 1.82) is 0 Å². The minimum absolute atomic E-state index is 0.106. The molecule has 0 aliphatic rings. The number of nitrogens with zero attached hydrogens (tertiary/aromatic N) is 2. The SMILES string of the molecule is CCc1ccc(N(CCCC(=O)N(Cc2ccccc2)[C@@H](Cc2ccccc2)C(=O)NCC(C)C)S(C)(=O)=O)cc1. The summed E-state index contributed by atoms with van der Waals surface area (Å²) in [5.41, 5.74) is 3.58. The summed E-state index contributed by atoms with van der Waals surface area (Å²) in [4.78, 5) is 29.0. The third-order valence-electron chi connectivity index (χ3n) is 6.94. The number of aryl methyl sites for hydroxylation is 1. The van der Waals surface area contributed by atoms with E-state index in [1.54, 1.807) is 17.0 Å². The Balaban J connectivity index is 1.84. The highest BCUT2D eigenvalue weighted by molar-refractivity contribution is 7.92. The van der Waals surface area contributed by atoms with Crippen LogP contribution >= 0.6 is 0 Å². The molecule has 220 valence electrons. The molecule has 0 unspecified atom stereocenters. The highest BCUT2D eigenvalue weighted by Crippen LogP contribution is 2.21. The first-order chi connectivity index (χ1) is 19.6. The van der Waals surface area contributed by atoms with Crippen LogP contribution in [0.1, 0.15) is 50.3 Å². The van der Waals surface area contributed by atoms with Gasteiger partial charge in [-0.1, -0.05) is 93.6 Å². The van der Waals surface area contributed by atoms with E-state index in [4.69, 9.17) is 0 Å². The number of carbonyl (C=O) groups excluding carboxylic acids is 2. The van der Waals surface area contributed by atoms with E-state index < -0.39 is 16.1 Å². The molecule has 1 atom stereocenters. The van der Waals surface area contributed by atoms with Crippen LogP contribution in [0.25, 0.3) is 0 Å². The molecule has 1 N–H and O–H groups in total. The second-order valence-corrected chi connectivity index (χ2v) is 12.7. The van der Waals surface area contributed by atoms with Gasteiger partial charge in [0.1, 0.15) is 6.04 Å². The van der Waals surface area contributed by atoms with Gasteiger partial charge in [0.05, 0.1) is 11.9 Å². The lowest BCUT2D eigenvalue weighted by Gasteiger charge is -2.32. The molecule has 8 heteroatoms. The third kappa shape index (κ3) is 10.0. The molecule has 0 spiro atoms. The number of nitrogens with one attached hydrogen (secondary N) is 1. The molecule has 0 saturated heterocycles. The van der Waals surface area contributed by atoms with Gasteiger partial charge in [-0.2, -0.15) is 0 Å². The van der Waals surface area contributed by atoms with Gasteiger partial charge in [-0.3, -0.25) is 13.9 Å². The number of anilines is 1. The lowest BCUT2D eigenvalue weighted by molar-refractivity contribution is -0.141. The van der Waals surface area contributed by atoms with Crippen molar-refractivity contribution >= 4 is 27.5 Å². The summed E-state index contributed by atoms with van der Waals surface area (Å²) in [6, 6.07) is 26.1. The molecule has 0 aromatic heterocycles. The minimum atomic E-state index is -3.55. The monoisotopic (exact) mass is 577 g/mol. The van der Waals surface area contributed by atoms with E-state index in [0.717, 1.165) is 23.1 Å². The standard InChI is InChI=1S/C33H43N3O4S/c1-5-27-18-20-30(21-19-27)36(41(4,39)40)22-12-17-32(37)35(25-29-15-10-7-11-16-29)31(33(38)34-24-26(2)3)23-28-13-8-6-9-14-28/h6-11,13-16,18-21,26,31H,5,12,17,22-25H2,1-4H3,(H,34,38)/t31-/m0/s1. The van der Waals surface area contributed by atoms with Crippen molar-refractivity contribution in [2.75, 3.05) is 23.7 Å². The second kappa shape index (κ2) is 15.4. The van der Waals surface area contributed by atoms with Gasteiger partial charge in [0, 0.05) is 32.5 Å². The Labute approximate surface area is 245 Å². The lowest BCUT2D eigenvalue weighted by atomic mass is 10.0. The number of hydrogen-bond acceptors (Lipinski definition) is 4. The van der Waals surface area contributed by atoms with E-state index in [-0.39, 0.29) is 37.2 Å². The minimum Gasteiger partial charge on any atom is -0.354 e. The van der Waals surface area contributed by atoms with Crippen LogP contribution in [0.5, 0.6) is 0 Å². The van der Waals surface area contributed by atoms with Crippen LogP contribution < -0.4 is 9.62 Å². The first kappa shape index (κ1) is 31.9. The van der Waals surface area contributed by atoms with E-state index in [0.29, 0.717) is 25.1 Å². The van der Waals surface area contributed by atoms with E-state index in [1.165, 1.54) is 10.6 Å². The van der Waals surface area contributed by atoms with Gasteiger partial charge in [0.2, 0.25) is 21.8 Å². The molecule has 41 heavy (non-hydrogen) atoms. The van der Waals surface area contributed by atoms with Gasteiger partial charge in [-0.05, 0) is 47.6 Å². The molecule has 3 aromatic rings. The molecule has 3 aromatic carbocycles. The van der Waals surface area contributed by atoms with E-state index >= 15 is 0 Å². The largest absolute Gasteiger partial charge is 0.354 e. The molecule has 2 amide bonds. The quantitative estimate of drug-likeness (QED) is 0.269. The summed E-state index contributed by atoms with van der Waals surface area (Å²) in [7, 11) is -3.55. The number of carbonyl (C=O) groups is 2. The van der Waals surface area contributed by atoms with Gasteiger partial charge in [0.15, 0.2) is 0 Å². The molecular weight excluding hydrogens is 534 g/mol. The van der Waals surface area contributed by atoms with Gasteiger partial charge in [-0.25, -0.2) is 8.42 Å². The Morgan fingerprint density at radius 1 is 0.829 bits per heavy atom. The fourth-order valence-corrected chi connectivity index (χ4v) is 5.62. The number of hydrogen-bond donors (Lipinski definition) is 1. The third-order valence-corrected chi connectivity index (χ3v) is 8.13. The van der Waals surface area contributed by atoms with Gasteiger partial charge in [-0.15, -0.1) is 0 Å². The molecule has 0 saturated carbocycles. The zero-order valence-electron chi connectivity index (χ0n) is 24.6. The van der Waals surface area contributed by atoms with Crippen molar-refractivity contribution in [3.63, 3.8) is 0 Å². The highest BCUT2D eigenvalue weighted by atomic mass is 32.2. The average Bonchev–Trinajstić information content (AvgIpc) is 2.96. The fraction of sp³-hybridized carbons (Fsp3) is 0.394. The number of amides is 2. The van der Waals surface area contributed by atoms with Gasteiger partial charge in [0.25, 0.3) is 0 Å². The Morgan fingerprint density at radius 3 is 1.95 bits per heavy atom.